The van der Waals surface area contributed by atoms with Gasteiger partial charge in [-0.15, -0.1) is 0 Å². The van der Waals surface area contributed by atoms with Crippen molar-refractivity contribution in [1.82, 2.24) is 4.72 Å². The normalized spacial score (nSPS) is 12.6. The van der Waals surface area contributed by atoms with E-state index in [0.29, 0.717) is 12.2 Å². The standard InChI is InChI=1S/C15H26N2O2S2/c1-6-15(7-2,20-5)10-17-21(18,19)14-9-13(16)8-11(3)12(14)4/h8-9,17H,6-7,10,16H2,1-5H3. The van der Waals surface area contributed by atoms with E-state index in [1.807, 2.05) is 20.1 Å². The van der Waals surface area contributed by atoms with Gasteiger partial charge in [0.2, 0.25) is 10.0 Å². The van der Waals surface area contributed by atoms with Crippen LogP contribution in [0.15, 0.2) is 17.0 Å². The molecule has 0 amide bonds. The summed E-state index contributed by atoms with van der Waals surface area (Å²) in [5.41, 5.74) is 7.90. The molecule has 1 aromatic carbocycles. The Morgan fingerprint density at radius 1 is 1.24 bits per heavy atom. The molecule has 0 unspecified atom stereocenters. The van der Waals surface area contributed by atoms with Gasteiger partial charge in [0.15, 0.2) is 0 Å². The third kappa shape index (κ3) is 4.14. The molecule has 3 N–H and O–H groups in total. The molecule has 1 aromatic rings. The van der Waals surface area contributed by atoms with Crippen LogP contribution in [-0.4, -0.2) is 26.0 Å². The summed E-state index contributed by atoms with van der Waals surface area (Å²) in [5.74, 6) is 0. The fourth-order valence-corrected chi connectivity index (χ4v) is 4.66. The number of sulfonamides is 1. The van der Waals surface area contributed by atoms with E-state index in [9.17, 15) is 8.42 Å². The maximum atomic E-state index is 12.6. The van der Waals surface area contributed by atoms with Crippen molar-refractivity contribution in [3.05, 3.63) is 23.3 Å². The van der Waals surface area contributed by atoms with Crippen LogP contribution in [0.4, 0.5) is 5.69 Å². The van der Waals surface area contributed by atoms with Crippen LogP contribution >= 0.6 is 11.8 Å². The molecule has 0 fully saturated rings. The maximum Gasteiger partial charge on any atom is 0.240 e. The smallest absolute Gasteiger partial charge is 0.240 e. The predicted molar refractivity (Wildman–Crippen MR) is 92.3 cm³/mol. The average Bonchev–Trinajstić information content (AvgIpc) is 2.45. The molecule has 0 saturated carbocycles. The van der Waals surface area contributed by atoms with E-state index >= 15 is 0 Å². The Morgan fingerprint density at radius 2 is 1.81 bits per heavy atom. The summed E-state index contributed by atoms with van der Waals surface area (Å²) >= 11 is 1.71. The van der Waals surface area contributed by atoms with Gasteiger partial charge in [-0.2, -0.15) is 11.8 Å². The third-order valence-corrected chi connectivity index (χ3v) is 7.35. The first kappa shape index (κ1) is 18.3. The summed E-state index contributed by atoms with van der Waals surface area (Å²) in [6, 6.07) is 3.32. The second-order valence-electron chi connectivity index (χ2n) is 5.38. The quantitative estimate of drug-likeness (QED) is 0.754. The predicted octanol–water partition coefficient (Wildman–Crippen LogP) is 3.09. The fraction of sp³-hybridized carbons (Fsp3) is 0.600. The molecule has 6 heteroatoms. The molecule has 0 heterocycles. The van der Waals surface area contributed by atoms with Gasteiger partial charge in [-0.1, -0.05) is 13.8 Å². The molecular weight excluding hydrogens is 304 g/mol. The van der Waals surface area contributed by atoms with Crippen molar-refractivity contribution in [2.24, 2.45) is 0 Å². The molecule has 0 atom stereocenters. The van der Waals surface area contributed by atoms with Crippen LogP contribution < -0.4 is 10.5 Å². The Balaban J connectivity index is 3.08. The topological polar surface area (TPSA) is 72.2 Å². The van der Waals surface area contributed by atoms with Crippen LogP contribution in [-0.2, 0) is 10.0 Å². The van der Waals surface area contributed by atoms with Gasteiger partial charge in [0.05, 0.1) is 4.90 Å². The van der Waals surface area contributed by atoms with Crippen LogP contribution in [0.2, 0.25) is 0 Å². The van der Waals surface area contributed by atoms with E-state index in [1.165, 1.54) is 6.07 Å². The lowest BCUT2D eigenvalue weighted by Gasteiger charge is -2.29. The average molecular weight is 331 g/mol. The first-order valence-electron chi connectivity index (χ1n) is 7.13. The number of anilines is 1. The molecule has 0 aliphatic heterocycles. The highest BCUT2D eigenvalue weighted by Crippen LogP contribution is 2.30. The van der Waals surface area contributed by atoms with Gasteiger partial charge < -0.3 is 5.73 Å². The summed E-state index contributed by atoms with van der Waals surface area (Å²) in [7, 11) is -3.54. The zero-order valence-corrected chi connectivity index (χ0v) is 15.1. The van der Waals surface area contributed by atoms with E-state index in [2.05, 4.69) is 18.6 Å². The first-order chi connectivity index (χ1) is 9.71. The minimum atomic E-state index is -3.54. The molecule has 0 saturated heterocycles. The minimum absolute atomic E-state index is 0.0592. The molecule has 0 bridgehead atoms. The molecule has 120 valence electrons. The van der Waals surface area contributed by atoms with Crippen molar-refractivity contribution >= 4 is 27.5 Å². The number of nitrogens with two attached hydrogens (primary N) is 1. The van der Waals surface area contributed by atoms with Gasteiger partial charge >= 0.3 is 0 Å². The minimum Gasteiger partial charge on any atom is -0.399 e. The van der Waals surface area contributed by atoms with Crippen LogP contribution in [0.1, 0.15) is 37.8 Å². The van der Waals surface area contributed by atoms with Crippen molar-refractivity contribution in [2.45, 2.75) is 50.2 Å². The van der Waals surface area contributed by atoms with Crippen molar-refractivity contribution in [1.29, 1.82) is 0 Å². The van der Waals surface area contributed by atoms with E-state index in [1.54, 1.807) is 17.8 Å². The summed E-state index contributed by atoms with van der Waals surface area (Å²) in [5, 5.41) is 0. The summed E-state index contributed by atoms with van der Waals surface area (Å²) in [4.78, 5) is 0.280. The van der Waals surface area contributed by atoms with Gasteiger partial charge in [0.25, 0.3) is 0 Å². The number of rotatable bonds is 7. The van der Waals surface area contributed by atoms with Crippen LogP contribution in [0.3, 0.4) is 0 Å². The van der Waals surface area contributed by atoms with Crippen molar-refractivity contribution in [3.8, 4) is 0 Å². The summed E-state index contributed by atoms with van der Waals surface area (Å²) in [6.45, 7) is 8.28. The Kier molecular flexibility index (Phi) is 6.13. The molecular formula is C15H26N2O2S2. The molecule has 21 heavy (non-hydrogen) atoms. The van der Waals surface area contributed by atoms with Gasteiger partial charge in [0.1, 0.15) is 0 Å². The molecule has 4 nitrogen and oxygen atoms in total. The Bertz CT molecular complexity index is 586. The molecule has 0 spiro atoms. The van der Waals surface area contributed by atoms with Crippen molar-refractivity contribution in [3.63, 3.8) is 0 Å². The molecule has 0 radical (unpaired) electrons. The first-order valence-corrected chi connectivity index (χ1v) is 9.83. The van der Waals surface area contributed by atoms with Crippen LogP contribution in [0, 0.1) is 13.8 Å². The SMILES string of the molecule is CCC(CC)(CNS(=O)(=O)c1cc(N)cc(C)c1C)SC. The number of aryl methyl sites for hydroxylation is 1. The number of hydrogen-bond donors (Lipinski definition) is 2. The van der Waals surface area contributed by atoms with E-state index < -0.39 is 10.0 Å². The molecule has 0 aromatic heterocycles. The van der Waals surface area contributed by atoms with Crippen LogP contribution in [0.25, 0.3) is 0 Å². The van der Waals surface area contributed by atoms with Gasteiger partial charge in [0, 0.05) is 17.0 Å². The summed E-state index contributed by atoms with van der Waals surface area (Å²) in [6.07, 6.45) is 3.86. The lowest BCUT2D eigenvalue weighted by Crippen LogP contribution is -2.39. The van der Waals surface area contributed by atoms with Gasteiger partial charge in [-0.25, -0.2) is 13.1 Å². The van der Waals surface area contributed by atoms with E-state index in [0.717, 1.165) is 24.0 Å². The summed E-state index contributed by atoms with van der Waals surface area (Å²) < 4.78 is 27.9. The number of thioether (sulfide) groups is 1. The Morgan fingerprint density at radius 3 is 2.29 bits per heavy atom. The molecule has 0 aliphatic carbocycles. The third-order valence-electron chi connectivity index (χ3n) is 4.24. The number of benzene rings is 1. The second kappa shape index (κ2) is 7.03. The van der Waals surface area contributed by atoms with Gasteiger partial charge in [-0.3, -0.25) is 0 Å². The zero-order valence-electron chi connectivity index (χ0n) is 13.5. The molecule has 1 rings (SSSR count). The number of hydrogen-bond acceptors (Lipinski definition) is 4. The lowest BCUT2D eigenvalue weighted by atomic mass is 10.0. The second-order valence-corrected chi connectivity index (χ2v) is 8.39. The molecule has 0 aliphatic rings. The Hall–Kier alpha value is -0.720. The van der Waals surface area contributed by atoms with Crippen LogP contribution in [0.5, 0.6) is 0 Å². The highest BCUT2D eigenvalue weighted by Gasteiger charge is 2.28. The van der Waals surface area contributed by atoms with Crippen molar-refractivity contribution < 1.29 is 8.42 Å². The van der Waals surface area contributed by atoms with E-state index in [4.69, 9.17) is 5.73 Å². The highest BCUT2D eigenvalue weighted by atomic mass is 32.2. The Labute approximate surface area is 132 Å². The monoisotopic (exact) mass is 330 g/mol. The van der Waals surface area contributed by atoms with Gasteiger partial charge in [-0.05, 0) is 56.2 Å². The highest BCUT2D eigenvalue weighted by molar-refractivity contribution is 8.00. The maximum absolute atomic E-state index is 12.6. The number of nitrogen functional groups attached to an aromatic ring is 1. The largest absolute Gasteiger partial charge is 0.399 e. The fourth-order valence-electron chi connectivity index (χ4n) is 2.30. The lowest BCUT2D eigenvalue weighted by molar-refractivity contribution is 0.522. The van der Waals surface area contributed by atoms with E-state index in [-0.39, 0.29) is 9.64 Å². The van der Waals surface area contributed by atoms with Crippen molar-refractivity contribution in [2.75, 3.05) is 18.5 Å². The zero-order chi connectivity index (χ0) is 16.3. The number of nitrogens with one attached hydrogen (secondary N) is 1.